The van der Waals surface area contributed by atoms with Gasteiger partial charge in [0.25, 0.3) is 0 Å². The summed E-state index contributed by atoms with van der Waals surface area (Å²) in [7, 11) is 1.59. The van der Waals surface area contributed by atoms with E-state index in [0.29, 0.717) is 17.5 Å². The van der Waals surface area contributed by atoms with Crippen molar-refractivity contribution in [3.05, 3.63) is 18.2 Å². The fourth-order valence-corrected chi connectivity index (χ4v) is 2.49. The fourth-order valence-electron chi connectivity index (χ4n) is 2.49. The van der Waals surface area contributed by atoms with E-state index in [1.807, 2.05) is 39.0 Å². The van der Waals surface area contributed by atoms with Gasteiger partial charge in [-0.15, -0.1) is 0 Å². The third-order valence-electron chi connectivity index (χ3n) is 3.63. The van der Waals surface area contributed by atoms with Crippen LogP contribution in [-0.2, 0) is 4.74 Å². The van der Waals surface area contributed by atoms with Gasteiger partial charge in [0.2, 0.25) is 0 Å². The summed E-state index contributed by atoms with van der Waals surface area (Å²) in [6.45, 7) is 7.69. The summed E-state index contributed by atoms with van der Waals surface area (Å²) in [6, 6.07) is 6.10. The molecule has 1 fully saturated rings. The van der Waals surface area contributed by atoms with Crippen molar-refractivity contribution >= 4 is 17.5 Å². The largest absolute Gasteiger partial charge is 0.494 e. The van der Waals surface area contributed by atoms with Crippen LogP contribution >= 0.6 is 0 Å². The van der Waals surface area contributed by atoms with E-state index in [1.54, 1.807) is 7.11 Å². The molecule has 2 N–H and O–H groups in total. The summed E-state index contributed by atoms with van der Waals surface area (Å²) < 4.78 is 10.6. The number of rotatable bonds is 6. The van der Waals surface area contributed by atoms with Crippen molar-refractivity contribution in [2.75, 3.05) is 17.7 Å². The van der Waals surface area contributed by atoms with Gasteiger partial charge in [-0.25, -0.2) is 4.79 Å². The molecule has 0 spiro atoms. The van der Waals surface area contributed by atoms with Crippen LogP contribution in [0.3, 0.4) is 0 Å². The van der Waals surface area contributed by atoms with Crippen molar-refractivity contribution in [2.24, 2.45) is 5.92 Å². The minimum atomic E-state index is -0.531. The van der Waals surface area contributed by atoms with Crippen molar-refractivity contribution in [3.63, 3.8) is 0 Å². The SMILES string of the molecule is COc1cc(NC(C)CC2CC2)ccc1NC(=O)OC(C)(C)C. The topological polar surface area (TPSA) is 59.6 Å². The molecule has 1 aromatic rings. The first kappa shape index (κ1) is 17.4. The van der Waals surface area contributed by atoms with Crippen molar-refractivity contribution in [3.8, 4) is 5.75 Å². The molecule has 128 valence electrons. The van der Waals surface area contributed by atoms with Gasteiger partial charge in [0.15, 0.2) is 0 Å². The Hall–Kier alpha value is -1.91. The molecule has 1 atom stereocenters. The Morgan fingerprint density at radius 1 is 1.35 bits per heavy atom. The molecule has 1 amide bonds. The van der Waals surface area contributed by atoms with Crippen molar-refractivity contribution in [1.29, 1.82) is 0 Å². The summed E-state index contributed by atoms with van der Waals surface area (Å²) >= 11 is 0. The van der Waals surface area contributed by atoms with Gasteiger partial charge in [-0.05, 0) is 52.2 Å². The highest BCUT2D eigenvalue weighted by molar-refractivity contribution is 5.87. The Bertz CT molecular complexity index is 548. The zero-order valence-electron chi connectivity index (χ0n) is 14.7. The number of hydrogen-bond acceptors (Lipinski definition) is 4. The van der Waals surface area contributed by atoms with Crippen LogP contribution in [0.25, 0.3) is 0 Å². The van der Waals surface area contributed by atoms with E-state index in [0.717, 1.165) is 11.6 Å². The highest BCUT2D eigenvalue weighted by Gasteiger charge is 2.23. The maximum atomic E-state index is 11.9. The number of ether oxygens (including phenoxy) is 2. The van der Waals surface area contributed by atoms with Gasteiger partial charge < -0.3 is 14.8 Å². The first-order chi connectivity index (χ1) is 10.8. The minimum Gasteiger partial charge on any atom is -0.494 e. The molecule has 1 aromatic carbocycles. The van der Waals surface area contributed by atoms with Crippen molar-refractivity contribution < 1.29 is 14.3 Å². The van der Waals surface area contributed by atoms with Crippen LogP contribution in [0, 0.1) is 5.92 Å². The molecule has 0 aliphatic heterocycles. The van der Waals surface area contributed by atoms with Gasteiger partial charge in [0.05, 0.1) is 12.8 Å². The Morgan fingerprint density at radius 3 is 2.61 bits per heavy atom. The molecular weight excluding hydrogens is 292 g/mol. The Morgan fingerprint density at radius 2 is 2.04 bits per heavy atom. The zero-order chi connectivity index (χ0) is 17.0. The van der Waals surface area contributed by atoms with Gasteiger partial charge in [-0.1, -0.05) is 12.8 Å². The van der Waals surface area contributed by atoms with Crippen molar-refractivity contribution in [2.45, 2.75) is 58.6 Å². The van der Waals surface area contributed by atoms with E-state index in [4.69, 9.17) is 9.47 Å². The second-order valence-electron chi connectivity index (χ2n) is 7.27. The maximum Gasteiger partial charge on any atom is 0.412 e. The smallest absolute Gasteiger partial charge is 0.412 e. The van der Waals surface area contributed by atoms with Crippen molar-refractivity contribution in [1.82, 2.24) is 0 Å². The highest BCUT2D eigenvalue weighted by atomic mass is 16.6. The first-order valence-electron chi connectivity index (χ1n) is 8.21. The summed E-state index contributed by atoms with van der Waals surface area (Å²) in [4.78, 5) is 11.9. The Balaban J connectivity index is 1.99. The van der Waals surface area contributed by atoms with Crippen LogP contribution in [-0.4, -0.2) is 24.8 Å². The molecule has 5 heteroatoms. The molecule has 0 bridgehead atoms. The summed E-state index contributed by atoms with van der Waals surface area (Å²) in [6.07, 6.45) is 3.42. The first-order valence-corrected chi connectivity index (χ1v) is 8.21. The predicted octanol–water partition coefficient (Wildman–Crippen LogP) is 4.64. The molecule has 2 rings (SSSR count). The molecule has 0 heterocycles. The number of hydrogen-bond donors (Lipinski definition) is 2. The van der Waals surface area contributed by atoms with E-state index >= 15 is 0 Å². The summed E-state index contributed by atoms with van der Waals surface area (Å²) in [5.74, 6) is 1.49. The number of anilines is 2. The van der Waals surface area contributed by atoms with E-state index < -0.39 is 11.7 Å². The molecular formula is C18H28N2O3. The third kappa shape index (κ3) is 6.00. The van der Waals surface area contributed by atoms with Gasteiger partial charge in [0.1, 0.15) is 11.4 Å². The number of methoxy groups -OCH3 is 1. The maximum absolute atomic E-state index is 11.9. The number of amides is 1. The Kier molecular flexibility index (Phi) is 5.39. The fraction of sp³-hybridized carbons (Fsp3) is 0.611. The van der Waals surface area contributed by atoms with Crippen LogP contribution < -0.4 is 15.4 Å². The summed E-state index contributed by atoms with van der Waals surface area (Å²) in [5, 5.41) is 6.21. The normalized spacial score (nSPS) is 15.7. The van der Waals surface area contributed by atoms with Crippen LogP contribution in [0.1, 0.15) is 47.0 Å². The molecule has 0 radical (unpaired) electrons. The standard InChI is InChI=1S/C18H28N2O3/c1-12(10-13-6-7-13)19-14-8-9-15(16(11-14)22-5)20-17(21)23-18(2,3)4/h8-9,11-13,19H,6-7,10H2,1-5H3,(H,20,21). The average Bonchev–Trinajstić information content (AvgIpc) is 3.22. The molecule has 1 unspecified atom stereocenters. The van der Waals surface area contributed by atoms with E-state index in [1.165, 1.54) is 19.3 Å². The van der Waals surface area contributed by atoms with Gasteiger partial charge in [-0.3, -0.25) is 5.32 Å². The number of carbonyl (C=O) groups is 1. The Labute approximate surface area is 138 Å². The van der Waals surface area contributed by atoms with Crippen LogP contribution in [0.4, 0.5) is 16.2 Å². The van der Waals surface area contributed by atoms with E-state index in [9.17, 15) is 4.79 Å². The molecule has 1 aliphatic carbocycles. The third-order valence-corrected chi connectivity index (χ3v) is 3.63. The second-order valence-corrected chi connectivity index (χ2v) is 7.27. The number of benzene rings is 1. The lowest BCUT2D eigenvalue weighted by Gasteiger charge is -2.21. The number of carbonyl (C=O) groups excluding carboxylic acids is 1. The molecule has 1 saturated carbocycles. The quantitative estimate of drug-likeness (QED) is 0.801. The zero-order valence-corrected chi connectivity index (χ0v) is 14.7. The second kappa shape index (κ2) is 7.11. The highest BCUT2D eigenvalue weighted by Crippen LogP contribution is 2.35. The molecule has 5 nitrogen and oxygen atoms in total. The van der Waals surface area contributed by atoms with Crippen LogP contribution in [0.5, 0.6) is 5.75 Å². The predicted molar refractivity (Wildman–Crippen MR) is 93.3 cm³/mol. The van der Waals surface area contributed by atoms with Gasteiger partial charge in [0, 0.05) is 17.8 Å². The van der Waals surface area contributed by atoms with E-state index in [2.05, 4.69) is 17.6 Å². The average molecular weight is 320 g/mol. The lowest BCUT2D eigenvalue weighted by Crippen LogP contribution is -2.27. The van der Waals surface area contributed by atoms with Gasteiger partial charge >= 0.3 is 6.09 Å². The lowest BCUT2D eigenvalue weighted by molar-refractivity contribution is 0.0635. The minimum absolute atomic E-state index is 0.428. The van der Waals surface area contributed by atoms with Gasteiger partial charge in [-0.2, -0.15) is 0 Å². The monoisotopic (exact) mass is 320 g/mol. The summed E-state index contributed by atoms with van der Waals surface area (Å²) in [5.41, 5.74) is 1.06. The molecule has 1 aliphatic rings. The van der Waals surface area contributed by atoms with Crippen LogP contribution in [0.2, 0.25) is 0 Å². The molecule has 23 heavy (non-hydrogen) atoms. The number of nitrogens with one attached hydrogen (secondary N) is 2. The van der Waals surface area contributed by atoms with Crippen LogP contribution in [0.15, 0.2) is 18.2 Å². The lowest BCUT2D eigenvalue weighted by atomic mass is 10.1. The molecule has 0 saturated heterocycles. The molecule has 0 aromatic heterocycles. The van der Waals surface area contributed by atoms with E-state index in [-0.39, 0.29) is 0 Å².